The van der Waals surface area contributed by atoms with E-state index in [1.165, 1.54) is 0 Å². The maximum absolute atomic E-state index is 11.0. The zero-order valence-electron chi connectivity index (χ0n) is 9.82. The van der Waals surface area contributed by atoms with Crippen LogP contribution >= 0.6 is 0 Å². The lowest BCUT2D eigenvalue weighted by atomic mass is 9.95. The molecule has 0 radical (unpaired) electrons. The van der Waals surface area contributed by atoms with E-state index in [-0.39, 0.29) is 13.2 Å². The summed E-state index contributed by atoms with van der Waals surface area (Å²) in [5.74, 6) is -0.466. The van der Waals surface area contributed by atoms with Gasteiger partial charge in [0.15, 0.2) is 5.60 Å². The molecule has 0 spiro atoms. The summed E-state index contributed by atoms with van der Waals surface area (Å²) in [6, 6.07) is 0. The first kappa shape index (κ1) is 14.4. The highest BCUT2D eigenvalue weighted by Crippen LogP contribution is 2.21. The Morgan fingerprint density at radius 3 is 2.47 bits per heavy atom. The molecule has 0 bridgehead atoms. The van der Waals surface area contributed by atoms with Gasteiger partial charge in [-0.3, -0.25) is 0 Å². The molecule has 0 aromatic carbocycles. The number of ether oxygens (including phenoxy) is 1. The fraction of sp³-hybridized carbons (Fsp3) is 0.909. The van der Waals surface area contributed by atoms with Crippen molar-refractivity contribution >= 4 is 5.97 Å². The zero-order chi connectivity index (χ0) is 11.9. The first-order valence-electron chi connectivity index (χ1n) is 5.40. The molecule has 1 unspecified atom stereocenters. The number of aliphatic hydroxyl groups excluding tert-OH is 1. The Bertz CT molecular complexity index is 191. The minimum Gasteiger partial charge on any atom is -0.479 e. The summed E-state index contributed by atoms with van der Waals surface area (Å²) in [6.07, 6.45) is 1.80. The lowest BCUT2D eigenvalue weighted by Gasteiger charge is -2.26. The van der Waals surface area contributed by atoms with Crippen LogP contribution in [0.25, 0.3) is 0 Å². The third kappa shape index (κ3) is 5.74. The predicted octanol–water partition coefficient (Wildman–Crippen LogP) is 1.66. The fourth-order valence-corrected chi connectivity index (χ4v) is 1.17. The smallest absolute Gasteiger partial charge is 0.335 e. The standard InChI is InChI=1S/C11H22O4/c1-9(2)5-6-11(3,10(13)14)15-8-4-7-12/h9,12H,4-8H2,1-3H3,(H,13,14). The minimum absolute atomic E-state index is 0.0277. The van der Waals surface area contributed by atoms with Gasteiger partial charge >= 0.3 is 5.97 Å². The second-order valence-corrected chi connectivity index (χ2v) is 4.39. The SMILES string of the molecule is CC(C)CCC(C)(OCCCO)C(=O)O. The van der Waals surface area contributed by atoms with Crippen LogP contribution in [0.4, 0.5) is 0 Å². The van der Waals surface area contributed by atoms with Crippen molar-refractivity contribution in [3.63, 3.8) is 0 Å². The summed E-state index contributed by atoms with van der Waals surface area (Å²) in [5.41, 5.74) is -1.11. The largest absolute Gasteiger partial charge is 0.479 e. The van der Waals surface area contributed by atoms with Crippen LogP contribution < -0.4 is 0 Å². The molecule has 1 atom stereocenters. The van der Waals surface area contributed by atoms with Gasteiger partial charge in [-0.25, -0.2) is 4.79 Å². The molecule has 4 heteroatoms. The summed E-state index contributed by atoms with van der Waals surface area (Å²) in [6.45, 7) is 6.01. The molecule has 0 rings (SSSR count). The quantitative estimate of drug-likeness (QED) is 0.608. The molecule has 90 valence electrons. The third-order valence-electron chi connectivity index (χ3n) is 2.37. The van der Waals surface area contributed by atoms with E-state index in [1.54, 1.807) is 6.92 Å². The van der Waals surface area contributed by atoms with Gasteiger partial charge in [-0.1, -0.05) is 13.8 Å². The van der Waals surface area contributed by atoms with E-state index in [4.69, 9.17) is 14.9 Å². The topological polar surface area (TPSA) is 66.8 Å². The Morgan fingerprint density at radius 1 is 1.47 bits per heavy atom. The molecule has 15 heavy (non-hydrogen) atoms. The average molecular weight is 218 g/mol. The number of hydrogen-bond donors (Lipinski definition) is 2. The second-order valence-electron chi connectivity index (χ2n) is 4.39. The Labute approximate surface area is 91.3 Å². The molecule has 0 aliphatic carbocycles. The molecular formula is C11H22O4. The van der Waals surface area contributed by atoms with E-state index >= 15 is 0 Å². The van der Waals surface area contributed by atoms with Crippen molar-refractivity contribution in [3.05, 3.63) is 0 Å². The van der Waals surface area contributed by atoms with Crippen LogP contribution in [0, 0.1) is 5.92 Å². The van der Waals surface area contributed by atoms with E-state index in [0.717, 1.165) is 6.42 Å². The third-order valence-corrected chi connectivity index (χ3v) is 2.37. The Balaban J connectivity index is 4.13. The fourth-order valence-electron chi connectivity index (χ4n) is 1.17. The highest BCUT2D eigenvalue weighted by Gasteiger charge is 2.33. The number of aliphatic hydroxyl groups is 1. The predicted molar refractivity (Wildman–Crippen MR) is 57.8 cm³/mol. The lowest BCUT2D eigenvalue weighted by Crippen LogP contribution is -2.39. The molecular weight excluding hydrogens is 196 g/mol. The number of carboxylic acids is 1. The van der Waals surface area contributed by atoms with Crippen LogP contribution in [0.1, 0.15) is 40.0 Å². The number of carbonyl (C=O) groups is 1. The maximum Gasteiger partial charge on any atom is 0.335 e. The molecule has 2 N–H and O–H groups in total. The van der Waals surface area contributed by atoms with Crippen molar-refractivity contribution in [1.82, 2.24) is 0 Å². The van der Waals surface area contributed by atoms with Crippen molar-refractivity contribution in [2.24, 2.45) is 5.92 Å². The molecule has 0 aliphatic rings. The molecule has 0 fully saturated rings. The molecule has 0 saturated carbocycles. The summed E-state index contributed by atoms with van der Waals surface area (Å²) in [5, 5.41) is 17.6. The average Bonchev–Trinajstić information content (AvgIpc) is 2.15. The molecule has 0 saturated heterocycles. The summed E-state index contributed by atoms with van der Waals surface area (Å²) in [4.78, 5) is 11.0. The van der Waals surface area contributed by atoms with Gasteiger partial charge < -0.3 is 14.9 Å². The number of carboxylic acid groups (broad SMARTS) is 1. The molecule has 0 aromatic heterocycles. The normalized spacial score (nSPS) is 15.3. The summed E-state index contributed by atoms with van der Waals surface area (Å²) >= 11 is 0. The lowest BCUT2D eigenvalue weighted by molar-refractivity contribution is -0.165. The maximum atomic E-state index is 11.0. The number of aliphatic carboxylic acids is 1. The van der Waals surface area contributed by atoms with Crippen molar-refractivity contribution in [2.45, 2.75) is 45.6 Å². The molecule has 0 aromatic rings. The van der Waals surface area contributed by atoms with Crippen LogP contribution in [0.15, 0.2) is 0 Å². The van der Waals surface area contributed by atoms with Gasteiger partial charge in [-0.15, -0.1) is 0 Å². The monoisotopic (exact) mass is 218 g/mol. The van der Waals surface area contributed by atoms with Crippen LogP contribution in [0.3, 0.4) is 0 Å². The van der Waals surface area contributed by atoms with Crippen LogP contribution in [-0.2, 0) is 9.53 Å². The van der Waals surface area contributed by atoms with Crippen LogP contribution in [-0.4, -0.2) is 35.0 Å². The Kier molecular flexibility index (Phi) is 6.52. The van der Waals surface area contributed by atoms with Crippen LogP contribution in [0.5, 0.6) is 0 Å². The Morgan fingerprint density at radius 2 is 2.07 bits per heavy atom. The highest BCUT2D eigenvalue weighted by molar-refractivity contribution is 5.76. The van der Waals surface area contributed by atoms with Gasteiger partial charge in [-0.2, -0.15) is 0 Å². The van der Waals surface area contributed by atoms with Gasteiger partial charge in [0, 0.05) is 6.61 Å². The van der Waals surface area contributed by atoms with Crippen molar-refractivity contribution in [3.8, 4) is 0 Å². The first-order valence-corrected chi connectivity index (χ1v) is 5.40. The van der Waals surface area contributed by atoms with E-state index in [2.05, 4.69) is 13.8 Å². The second kappa shape index (κ2) is 6.80. The molecule has 4 nitrogen and oxygen atoms in total. The van der Waals surface area contributed by atoms with Gasteiger partial charge in [0.05, 0.1) is 6.61 Å². The molecule has 0 aliphatic heterocycles. The van der Waals surface area contributed by atoms with Gasteiger partial charge in [-0.05, 0) is 32.1 Å². The van der Waals surface area contributed by atoms with Gasteiger partial charge in [0.25, 0.3) is 0 Å². The van der Waals surface area contributed by atoms with E-state index < -0.39 is 11.6 Å². The Hall–Kier alpha value is -0.610. The zero-order valence-corrected chi connectivity index (χ0v) is 9.82. The number of rotatable bonds is 8. The van der Waals surface area contributed by atoms with Crippen molar-refractivity contribution in [2.75, 3.05) is 13.2 Å². The first-order chi connectivity index (χ1) is 6.92. The summed E-state index contributed by atoms with van der Waals surface area (Å²) < 4.78 is 5.32. The van der Waals surface area contributed by atoms with Crippen molar-refractivity contribution in [1.29, 1.82) is 0 Å². The van der Waals surface area contributed by atoms with E-state index in [1.807, 2.05) is 0 Å². The summed E-state index contributed by atoms with van der Waals surface area (Å²) in [7, 11) is 0. The minimum atomic E-state index is -1.11. The number of hydrogen-bond acceptors (Lipinski definition) is 3. The van der Waals surface area contributed by atoms with E-state index in [0.29, 0.717) is 18.8 Å². The van der Waals surface area contributed by atoms with Crippen LogP contribution in [0.2, 0.25) is 0 Å². The van der Waals surface area contributed by atoms with E-state index in [9.17, 15) is 4.79 Å². The van der Waals surface area contributed by atoms with Gasteiger partial charge in [0.1, 0.15) is 0 Å². The van der Waals surface area contributed by atoms with Gasteiger partial charge in [0.2, 0.25) is 0 Å². The highest BCUT2D eigenvalue weighted by atomic mass is 16.5. The molecule has 0 amide bonds. The molecule has 0 heterocycles. The van der Waals surface area contributed by atoms with Crippen molar-refractivity contribution < 1.29 is 19.7 Å².